The molecule has 1 aliphatic rings. The van der Waals surface area contributed by atoms with Crippen LogP contribution in [-0.4, -0.2) is 30.5 Å². The summed E-state index contributed by atoms with van der Waals surface area (Å²) in [6.07, 6.45) is 1.95. The van der Waals surface area contributed by atoms with Gasteiger partial charge in [-0.15, -0.1) is 0 Å². The van der Waals surface area contributed by atoms with Crippen LogP contribution in [0.2, 0.25) is 0 Å². The molecule has 0 atom stereocenters. The quantitative estimate of drug-likeness (QED) is 0.826. The Morgan fingerprint density at radius 1 is 1.33 bits per heavy atom. The maximum absolute atomic E-state index is 12.7. The predicted octanol–water partition coefficient (Wildman–Crippen LogP) is 2.46. The molecular formula is C14H18FNO2. The van der Waals surface area contributed by atoms with E-state index in [0.717, 1.165) is 25.9 Å². The van der Waals surface area contributed by atoms with Crippen molar-refractivity contribution in [1.82, 2.24) is 4.90 Å². The number of hydrogen-bond donors (Lipinski definition) is 0. The van der Waals surface area contributed by atoms with Crippen LogP contribution in [0.15, 0.2) is 24.3 Å². The van der Waals surface area contributed by atoms with E-state index in [2.05, 4.69) is 0 Å². The number of amides is 1. The SMILES string of the molecule is CC(=O)N1CCC(COc2ccc(F)cc2)CC1. The number of halogens is 1. The summed E-state index contributed by atoms with van der Waals surface area (Å²) in [4.78, 5) is 13.0. The molecule has 1 amide bonds. The highest BCUT2D eigenvalue weighted by Crippen LogP contribution is 2.19. The highest BCUT2D eigenvalue weighted by molar-refractivity contribution is 5.73. The number of nitrogens with zero attached hydrogens (tertiary/aromatic N) is 1. The molecule has 1 aliphatic heterocycles. The number of benzene rings is 1. The summed E-state index contributed by atoms with van der Waals surface area (Å²) < 4.78 is 18.3. The van der Waals surface area contributed by atoms with Crippen molar-refractivity contribution in [3.63, 3.8) is 0 Å². The van der Waals surface area contributed by atoms with Gasteiger partial charge < -0.3 is 9.64 Å². The van der Waals surface area contributed by atoms with E-state index in [1.807, 2.05) is 4.90 Å². The van der Waals surface area contributed by atoms with Crippen LogP contribution in [0.5, 0.6) is 5.75 Å². The summed E-state index contributed by atoms with van der Waals surface area (Å²) in [6, 6.07) is 6.07. The van der Waals surface area contributed by atoms with E-state index in [0.29, 0.717) is 18.3 Å². The summed E-state index contributed by atoms with van der Waals surface area (Å²) in [5, 5.41) is 0. The van der Waals surface area contributed by atoms with Gasteiger partial charge in [0, 0.05) is 20.0 Å². The first-order valence-electron chi connectivity index (χ1n) is 6.29. The highest BCUT2D eigenvalue weighted by Gasteiger charge is 2.20. The van der Waals surface area contributed by atoms with E-state index in [-0.39, 0.29) is 11.7 Å². The van der Waals surface area contributed by atoms with Gasteiger partial charge in [0.15, 0.2) is 0 Å². The van der Waals surface area contributed by atoms with Crippen LogP contribution in [-0.2, 0) is 4.79 Å². The lowest BCUT2D eigenvalue weighted by atomic mass is 9.98. The lowest BCUT2D eigenvalue weighted by molar-refractivity contribution is -0.130. The standard InChI is InChI=1S/C14H18FNO2/c1-11(17)16-8-6-12(7-9-16)10-18-14-4-2-13(15)3-5-14/h2-5,12H,6-10H2,1H3. The molecule has 0 bridgehead atoms. The molecule has 1 aromatic rings. The molecule has 1 heterocycles. The smallest absolute Gasteiger partial charge is 0.219 e. The second kappa shape index (κ2) is 5.85. The second-order valence-corrected chi connectivity index (χ2v) is 4.71. The monoisotopic (exact) mass is 251 g/mol. The lowest BCUT2D eigenvalue weighted by Gasteiger charge is -2.31. The van der Waals surface area contributed by atoms with Gasteiger partial charge in [-0.05, 0) is 43.0 Å². The van der Waals surface area contributed by atoms with Gasteiger partial charge in [-0.2, -0.15) is 0 Å². The normalized spacial score (nSPS) is 16.7. The number of hydrogen-bond acceptors (Lipinski definition) is 2. The molecule has 1 fully saturated rings. The van der Waals surface area contributed by atoms with E-state index in [4.69, 9.17) is 4.74 Å². The minimum atomic E-state index is -0.253. The number of carbonyl (C=O) groups is 1. The van der Waals surface area contributed by atoms with Crippen molar-refractivity contribution in [2.75, 3.05) is 19.7 Å². The summed E-state index contributed by atoms with van der Waals surface area (Å²) in [5.41, 5.74) is 0. The first-order valence-corrected chi connectivity index (χ1v) is 6.29. The van der Waals surface area contributed by atoms with Crippen LogP contribution in [0.3, 0.4) is 0 Å². The summed E-state index contributed by atoms with van der Waals surface area (Å²) in [7, 11) is 0. The zero-order valence-electron chi connectivity index (χ0n) is 10.6. The largest absolute Gasteiger partial charge is 0.493 e. The van der Waals surface area contributed by atoms with Crippen molar-refractivity contribution < 1.29 is 13.9 Å². The third-order valence-electron chi connectivity index (χ3n) is 3.36. The van der Waals surface area contributed by atoms with Crippen LogP contribution in [0, 0.1) is 11.7 Å². The molecule has 3 nitrogen and oxygen atoms in total. The minimum Gasteiger partial charge on any atom is -0.493 e. The molecule has 0 aromatic heterocycles. The van der Waals surface area contributed by atoms with Crippen LogP contribution >= 0.6 is 0 Å². The highest BCUT2D eigenvalue weighted by atomic mass is 19.1. The Balaban J connectivity index is 1.75. The third-order valence-corrected chi connectivity index (χ3v) is 3.36. The molecule has 98 valence electrons. The van der Waals surface area contributed by atoms with Crippen LogP contribution in [0.1, 0.15) is 19.8 Å². The Bertz CT molecular complexity index is 397. The Morgan fingerprint density at radius 3 is 2.50 bits per heavy atom. The maximum atomic E-state index is 12.7. The van der Waals surface area contributed by atoms with Gasteiger partial charge in [0.25, 0.3) is 0 Å². The fraction of sp³-hybridized carbons (Fsp3) is 0.500. The zero-order valence-corrected chi connectivity index (χ0v) is 10.6. The molecule has 18 heavy (non-hydrogen) atoms. The fourth-order valence-electron chi connectivity index (χ4n) is 2.16. The van der Waals surface area contributed by atoms with Crippen molar-refractivity contribution >= 4 is 5.91 Å². The number of ether oxygens (including phenoxy) is 1. The first kappa shape index (κ1) is 12.9. The van der Waals surface area contributed by atoms with Crippen LogP contribution in [0.25, 0.3) is 0 Å². The molecule has 0 radical (unpaired) electrons. The van der Waals surface area contributed by atoms with Gasteiger partial charge in [0.1, 0.15) is 11.6 Å². The number of carbonyl (C=O) groups excluding carboxylic acids is 1. The summed E-state index contributed by atoms with van der Waals surface area (Å²) in [6.45, 7) is 3.87. The molecule has 0 saturated carbocycles. The zero-order chi connectivity index (χ0) is 13.0. The Hall–Kier alpha value is -1.58. The van der Waals surface area contributed by atoms with E-state index in [9.17, 15) is 9.18 Å². The third kappa shape index (κ3) is 3.45. The summed E-state index contributed by atoms with van der Waals surface area (Å²) in [5.74, 6) is 1.07. The molecule has 0 spiro atoms. The molecular weight excluding hydrogens is 233 g/mol. The molecule has 0 unspecified atom stereocenters. The predicted molar refractivity (Wildman–Crippen MR) is 66.9 cm³/mol. The van der Waals surface area contributed by atoms with Crippen molar-refractivity contribution in [3.8, 4) is 5.75 Å². The van der Waals surface area contributed by atoms with Gasteiger partial charge in [-0.1, -0.05) is 0 Å². The minimum absolute atomic E-state index is 0.146. The molecule has 0 aliphatic carbocycles. The van der Waals surface area contributed by atoms with E-state index in [1.54, 1.807) is 19.1 Å². The number of rotatable bonds is 3. The number of piperidine rings is 1. The van der Waals surface area contributed by atoms with Gasteiger partial charge in [-0.25, -0.2) is 4.39 Å². The fourth-order valence-corrected chi connectivity index (χ4v) is 2.16. The van der Waals surface area contributed by atoms with Crippen LogP contribution in [0.4, 0.5) is 4.39 Å². The average molecular weight is 251 g/mol. The van der Waals surface area contributed by atoms with Crippen molar-refractivity contribution in [3.05, 3.63) is 30.1 Å². The molecule has 1 aromatic carbocycles. The molecule has 2 rings (SSSR count). The topological polar surface area (TPSA) is 29.5 Å². The van der Waals surface area contributed by atoms with Gasteiger partial charge in [-0.3, -0.25) is 4.79 Å². The average Bonchev–Trinajstić information content (AvgIpc) is 2.38. The second-order valence-electron chi connectivity index (χ2n) is 4.71. The Kier molecular flexibility index (Phi) is 4.18. The number of likely N-dealkylation sites (tertiary alicyclic amines) is 1. The van der Waals surface area contributed by atoms with Crippen molar-refractivity contribution in [1.29, 1.82) is 0 Å². The van der Waals surface area contributed by atoms with E-state index >= 15 is 0 Å². The van der Waals surface area contributed by atoms with Gasteiger partial charge in [0.05, 0.1) is 6.61 Å². The van der Waals surface area contributed by atoms with Crippen molar-refractivity contribution in [2.24, 2.45) is 5.92 Å². The van der Waals surface area contributed by atoms with Gasteiger partial charge in [0.2, 0.25) is 5.91 Å². The Morgan fingerprint density at radius 2 is 1.94 bits per heavy atom. The summed E-state index contributed by atoms with van der Waals surface area (Å²) >= 11 is 0. The molecule has 0 N–H and O–H groups in total. The maximum Gasteiger partial charge on any atom is 0.219 e. The Labute approximate surface area is 107 Å². The first-order chi connectivity index (χ1) is 8.65. The van der Waals surface area contributed by atoms with E-state index in [1.165, 1.54) is 12.1 Å². The molecule has 4 heteroatoms. The molecule has 1 saturated heterocycles. The lowest BCUT2D eigenvalue weighted by Crippen LogP contribution is -2.38. The van der Waals surface area contributed by atoms with Gasteiger partial charge >= 0.3 is 0 Å². The van der Waals surface area contributed by atoms with Crippen LogP contribution < -0.4 is 4.74 Å². The van der Waals surface area contributed by atoms with E-state index < -0.39 is 0 Å². The van der Waals surface area contributed by atoms with Crippen molar-refractivity contribution in [2.45, 2.75) is 19.8 Å².